The van der Waals surface area contributed by atoms with Crippen molar-refractivity contribution in [1.29, 1.82) is 0 Å². The summed E-state index contributed by atoms with van der Waals surface area (Å²) in [6.45, 7) is 5.56. The van der Waals surface area contributed by atoms with E-state index in [2.05, 4.69) is 0 Å². The minimum atomic E-state index is -0.303. The number of urea groups is 1. The van der Waals surface area contributed by atoms with Gasteiger partial charge in [-0.15, -0.1) is 0 Å². The lowest BCUT2D eigenvalue weighted by Gasteiger charge is -2.22. The van der Waals surface area contributed by atoms with Crippen molar-refractivity contribution >= 4 is 11.9 Å². The number of imide groups is 1. The summed E-state index contributed by atoms with van der Waals surface area (Å²) in [6.07, 6.45) is 0. The molecule has 0 bridgehead atoms. The van der Waals surface area contributed by atoms with E-state index in [-0.39, 0.29) is 24.0 Å². The van der Waals surface area contributed by atoms with Gasteiger partial charge < -0.3 is 4.90 Å². The Morgan fingerprint density at radius 2 is 1.83 bits per heavy atom. The lowest BCUT2D eigenvalue weighted by Crippen LogP contribution is -2.38. The summed E-state index contributed by atoms with van der Waals surface area (Å²) in [4.78, 5) is 25.4. The normalized spacial score (nSPS) is 24.6. The maximum atomic E-state index is 11.4. The number of amides is 3. The van der Waals surface area contributed by atoms with E-state index in [0.717, 1.165) is 0 Å². The second-order valence-corrected chi connectivity index (χ2v) is 3.36. The molecule has 1 atom stereocenters. The number of carbonyl (C=O) groups excluding carboxylic acids is 2. The number of hydrogen-bond donors (Lipinski definition) is 0. The van der Waals surface area contributed by atoms with E-state index in [0.29, 0.717) is 0 Å². The summed E-state index contributed by atoms with van der Waals surface area (Å²) < 4.78 is 0. The van der Waals surface area contributed by atoms with Crippen LogP contribution in [-0.4, -0.2) is 40.9 Å². The van der Waals surface area contributed by atoms with Gasteiger partial charge in [-0.3, -0.25) is 9.69 Å². The van der Waals surface area contributed by atoms with E-state index in [4.69, 9.17) is 0 Å². The molecular formula is C8H14N2O2. The molecule has 1 aliphatic rings. The van der Waals surface area contributed by atoms with Gasteiger partial charge in [0.05, 0.1) is 0 Å². The van der Waals surface area contributed by atoms with Crippen LogP contribution in [0.25, 0.3) is 0 Å². The number of carbonyl (C=O) groups is 2. The van der Waals surface area contributed by atoms with Crippen LogP contribution < -0.4 is 0 Å². The zero-order valence-electron chi connectivity index (χ0n) is 7.87. The van der Waals surface area contributed by atoms with Crippen LogP contribution in [0.1, 0.15) is 20.8 Å². The van der Waals surface area contributed by atoms with E-state index >= 15 is 0 Å². The highest BCUT2D eigenvalue weighted by molar-refractivity contribution is 6.03. The van der Waals surface area contributed by atoms with E-state index in [1.54, 1.807) is 11.8 Å². The molecule has 0 aromatic carbocycles. The predicted molar refractivity (Wildman–Crippen MR) is 44.6 cm³/mol. The van der Waals surface area contributed by atoms with Crippen LogP contribution in [0.15, 0.2) is 0 Å². The molecule has 68 valence electrons. The molecule has 1 fully saturated rings. The Bertz CT molecular complexity index is 225. The standard InChI is InChI=1S/C8H14N2O2/c1-5(2)10-6(3)7(11)9(4)8(10)12/h5-6H,1-4H3. The second-order valence-electron chi connectivity index (χ2n) is 3.36. The van der Waals surface area contributed by atoms with Gasteiger partial charge in [-0.25, -0.2) is 4.79 Å². The van der Waals surface area contributed by atoms with Crippen molar-refractivity contribution in [3.63, 3.8) is 0 Å². The Balaban J connectivity index is 2.91. The average molecular weight is 170 g/mol. The molecule has 1 rings (SSSR count). The van der Waals surface area contributed by atoms with Crippen LogP contribution in [0, 0.1) is 0 Å². The van der Waals surface area contributed by atoms with Gasteiger partial charge in [0.25, 0.3) is 5.91 Å². The van der Waals surface area contributed by atoms with E-state index < -0.39 is 0 Å². The third kappa shape index (κ3) is 1.07. The first kappa shape index (κ1) is 9.03. The zero-order valence-corrected chi connectivity index (χ0v) is 7.87. The summed E-state index contributed by atoms with van der Waals surface area (Å²) in [5.74, 6) is -0.117. The van der Waals surface area contributed by atoms with Crippen molar-refractivity contribution in [2.24, 2.45) is 0 Å². The van der Waals surface area contributed by atoms with E-state index in [9.17, 15) is 9.59 Å². The smallest absolute Gasteiger partial charge is 0.310 e. The van der Waals surface area contributed by atoms with Gasteiger partial charge in [-0.05, 0) is 20.8 Å². The molecule has 0 spiro atoms. The summed E-state index contributed by atoms with van der Waals surface area (Å²) in [5.41, 5.74) is 0. The fourth-order valence-corrected chi connectivity index (χ4v) is 1.50. The van der Waals surface area contributed by atoms with Gasteiger partial charge >= 0.3 is 6.03 Å². The number of nitrogens with zero attached hydrogens (tertiary/aromatic N) is 2. The Labute approximate surface area is 72.1 Å². The number of hydrogen-bond acceptors (Lipinski definition) is 2. The highest BCUT2D eigenvalue weighted by Crippen LogP contribution is 2.17. The summed E-state index contributed by atoms with van der Waals surface area (Å²) >= 11 is 0. The Morgan fingerprint density at radius 3 is 2.00 bits per heavy atom. The molecule has 3 amide bonds. The molecule has 1 aliphatic heterocycles. The van der Waals surface area contributed by atoms with Crippen molar-refractivity contribution in [3.05, 3.63) is 0 Å². The fraction of sp³-hybridized carbons (Fsp3) is 0.750. The van der Waals surface area contributed by atoms with Crippen molar-refractivity contribution < 1.29 is 9.59 Å². The summed E-state index contributed by atoms with van der Waals surface area (Å²) in [5, 5.41) is 0. The Morgan fingerprint density at radius 1 is 1.33 bits per heavy atom. The van der Waals surface area contributed by atoms with Gasteiger partial charge in [0.2, 0.25) is 0 Å². The lowest BCUT2D eigenvalue weighted by molar-refractivity contribution is -0.127. The first-order chi connectivity index (χ1) is 5.46. The quantitative estimate of drug-likeness (QED) is 0.543. The highest BCUT2D eigenvalue weighted by atomic mass is 16.2. The van der Waals surface area contributed by atoms with Crippen LogP contribution in [-0.2, 0) is 4.79 Å². The molecule has 0 N–H and O–H groups in total. The third-order valence-electron chi connectivity index (χ3n) is 2.17. The van der Waals surface area contributed by atoms with Crippen LogP contribution in [0.3, 0.4) is 0 Å². The lowest BCUT2D eigenvalue weighted by atomic mass is 10.2. The van der Waals surface area contributed by atoms with Crippen LogP contribution >= 0.6 is 0 Å². The zero-order chi connectivity index (χ0) is 9.46. The van der Waals surface area contributed by atoms with Crippen molar-refractivity contribution in [3.8, 4) is 0 Å². The number of rotatable bonds is 1. The molecular weight excluding hydrogens is 156 g/mol. The molecule has 1 unspecified atom stereocenters. The molecule has 0 saturated carbocycles. The van der Waals surface area contributed by atoms with Crippen LogP contribution in [0.2, 0.25) is 0 Å². The van der Waals surface area contributed by atoms with E-state index in [1.165, 1.54) is 11.9 Å². The first-order valence-electron chi connectivity index (χ1n) is 4.06. The predicted octanol–water partition coefficient (Wildman–Crippen LogP) is 0.677. The topological polar surface area (TPSA) is 40.6 Å². The second kappa shape index (κ2) is 2.77. The van der Waals surface area contributed by atoms with Crippen LogP contribution in [0.5, 0.6) is 0 Å². The minimum absolute atomic E-state index is 0.0846. The number of likely N-dealkylation sites (N-methyl/N-ethyl adjacent to an activating group) is 1. The van der Waals surface area contributed by atoms with Gasteiger partial charge in [0.15, 0.2) is 0 Å². The maximum Gasteiger partial charge on any atom is 0.327 e. The summed E-state index contributed by atoms with van der Waals surface area (Å²) in [6, 6.07) is -0.411. The molecule has 0 aromatic rings. The molecule has 1 heterocycles. The fourth-order valence-electron chi connectivity index (χ4n) is 1.50. The third-order valence-corrected chi connectivity index (χ3v) is 2.17. The largest absolute Gasteiger partial charge is 0.327 e. The van der Waals surface area contributed by atoms with Crippen molar-refractivity contribution in [2.75, 3.05) is 7.05 Å². The van der Waals surface area contributed by atoms with Crippen LogP contribution in [0.4, 0.5) is 4.79 Å². The molecule has 0 aliphatic carbocycles. The Hall–Kier alpha value is -1.06. The van der Waals surface area contributed by atoms with Gasteiger partial charge in [0, 0.05) is 13.1 Å². The summed E-state index contributed by atoms with van der Waals surface area (Å²) in [7, 11) is 1.52. The van der Waals surface area contributed by atoms with Crippen molar-refractivity contribution in [1.82, 2.24) is 9.80 Å². The van der Waals surface area contributed by atoms with E-state index in [1.807, 2.05) is 13.8 Å². The molecule has 1 saturated heterocycles. The van der Waals surface area contributed by atoms with Gasteiger partial charge in [-0.2, -0.15) is 0 Å². The minimum Gasteiger partial charge on any atom is -0.310 e. The molecule has 0 aromatic heterocycles. The van der Waals surface area contributed by atoms with Gasteiger partial charge in [-0.1, -0.05) is 0 Å². The molecule has 12 heavy (non-hydrogen) atoms. The average Bonchev–Trinajstić information content (AvgIpc) is 2.16. The monoisotopic (exact) mass is 170 g/mol. The highest BCUT2D eigenvalue weighted by Gasteiger charge is 2.41. The maximum absolute atomic E-state index is 11.4. The molecule has 4 heteroatoms. The molecule has 0 radical (unpaired) electrons. The van der Waals surface area contributed by atoms with Gasteiger partial charge in [0.1, 0.15) is 6.04 Å². The SMILES string of the molecule is CC(C)N1C(=O)N(C)C(=O)C1C. The van der Waals surface area contributed by atoms with Crippen molar-refractivity contribution in [2.45, 2.75) is 32.9 Å². The first-order valence-corrected chi connectivity index (χ1v) is 4.06. The molecule has 4 nitrogen and oxygen atoms in total. The Kier molecular flexibility index (Phi) is 2.08.